The van der Waals surface area contributed by atoms with Gasteiger partial charge in [-0.2, -0.15) is 16.9 Å². The van der Waals surface area contributed by atoms with E-state index in [0.29, 0.717) is 34.2 Å². The van der Waals surface area contributed by atoms with Crippen molar-refractivity contribution in [1.82, 2.24) is 15.1 Å². The zero-order valence-corrected chi connectivity index (χ0v) is 14.5. The highest BCUT2D eigenvalue weighted by Crippen LogP contribution is 2.29. The second-order valence-corrected chi connectivity index (χ2v) is 7.21. The van der Waals surface area contributed by atoms with Crippen molar-refractivity contribution < 1.29 is 14.7 Å². The van der Waals surface area contributed by atoms with Crippen LogP contribution in [0, 0.1) is 6.92 Å². The second kappa shape index (κ2) is 6.49. The molecule has 8 heteroatoms. The molecule has 1 fully saturated rings. The summed E-state index contributed by atoms with van der Waals surface area (Å²) < 4.78 is 1.53. The van der Waals surface area contributed by atoms with Crippen molar-refractivity contribution in [3.8, 4) is 5.69 Å². The van der Waals surface area contributed by atoms with E-state index >= 15 is 0 Å². The summed E-state index contributed by atoms with van der Waals surface area (Å²) in [5, 5.41) is 16.9. The fourth-order valence-corrected chi connectivity index (χ4v) is 4.16. The van der Waals surface area contributed by atoms with Gasteiger partial charge in [0.25, 0.3) is 5.91 Å². The highest BCUT2D eigenvalue weighted by molar-refractivity contribution is 7.99. The Morgan fingerprint density at radius 3 is 2.79 bits per heavy atom. The number of benzene rings is 1. The maximum Gasteiger partial charge on any atom is 0.330 e. The number of hydrogen-bond donors (Lipinski definition) is 2. The maximum absolute atomic E-state index is 12.6. The van der Waals surface area contributed by atoms with Gasteiger partial charge in [0.05, 0.1) is 10.7 Å². The van der Waals surface area contributed by atoms with Crippen LogP contribution >= 0.6 is 23.4 Å². The fourth-order valence-electron chi connectivity index (χ4n) is 2.61. The van der Waals surface area contributed by atoms with E-state index in [-0.39, 0.29) is 5.69 Å². The van der Waals surface area contributed by atoms with Crippen molar-refractivity contribution in [3.05, 3.63) is 46.7 Å². The van der Waals surface area contributed by atoms with Gasteiger partial charge in [-0.3, -0.25) is 4.79 Å². The molecule has 2 heterocycles. The summed E-state index contributed by atoms with van der Waals surface area (Å²) in [5.41, 5.74) is 0.291. The number of aliphatic carboxylic acids is 1. The van der Waals surface area contributed by atoms with Crippen LogP contribution in [-0.2, 0) is 4.79 Å². The summed E-state index contributed by atoms with van der Waals surface area (Å²) in [6.45, 7) is 1.76. The summed E-state index contributed by atoms with van der Waals surface area (Å²) in [6.07, 6.45) is 2.11. The third-order valence-electron chi connectivity index (χ3n) is 4.00. The molecule has 24 heavy (non-hydrogen) atoms. The van der Waals surface area contributed by atoms with Gasteiger partial charge in [0.1, 0.15) is 5.54 Å². The van der Waals surface area contributed by atoms with Gasteiger partial charge in [-0.1, -0.05) is 23.7 Å². The number of carbonyl (C=O) groups excluding carboxylic acids is 1. The third-order valence-corrected chi connectivity index (χ3v) is 5.50. The lowest BCUT2D eigenvalue weighted by Crippen LogP contribution is -2.55. The monoisotopic (exact) mass is 365 g/mol. The van der Waals surface area contributed by atoms with E-state index < -0.39 is 17.4 Å². The molecule has 6 nitrogen and oxygen atoms in total. The van der Waals surface area contributed by atoms with Crippen molar-refractivity contribution in [2.24, 2.45) is 0 Å². The van der Waals surface area contributed by atoms with Crippen LogP contribution in [0.3, 0.4) is 0 Å². The topological polar surface area (TPSA) is 84.2 Å². The van der Waals surface area contributed by atoms with Gasteiger partial charge in [-0.25, -0.2) is 9.48 Å². The molecule has 1 aromatic carbocycles. The average Bonchev–Trinajstić information content (AvgIpc) is 3.15. The summed E-state index contributed by atoms with van der Waals surface area (Å²) in [4.78, 5) is 24.1. The van der Waals surface area contributed by atoms with Crippen LogP contribution in [0.2, 0.25) is 5.02 Å². The summed E-state index contributed by atoms with van der Waals surface area (Å²) in [5.74, 6) is -0.426. The van der Waals surface area contributed by atoms with E-state index in [2.05, 4.69) is 10.4 Å². The van der Waals surface area contributed by atoms with Gasteiger partial charge in [0.15, 0.2) is 5.69 Å². The molecule has 0 spiro atoms. The highest BCUT2D eigenvalue weighted by atomic mass is 35.5. The molecule has 0 radical (unpaired) electrons. The smallest absolute Gasteiger partial charge is 0.330 e. The van der Waals surface area contributed by atoms with Crippen molar-refractivity contribution in [2.45, 2.75) is 18.9 Å². The van der Waals surface area contributed by atoms with Crippen molar-refractivity contribution in [2.75, 3.05) is 11.5 Å². The first kappa shape index (κ1) is 16.9. The Kier molecular flexibility index (Phi) is 4.56. The van der Waals surface area contributed by atoms with E-state index in [1.807, 2.05) is 12.1 Å². The van der Waals surface area contributed by atoms with Crippen LogP contribution in [0.15, 0.2) is 30.5 Å². The largest absolute Gasteiger partial charge is 0.479 e. The van der Waals surface area contributed by atoms with Gasteiger partial charge in [-0.15, -0.1) is 0 Å². The summed E-state index contributed by atoms with van der Waals surface area (Å²) in [7, 11) is 0. The van der Waals surface area contributed by atoms with Crippen molar-refractivity contribution >= 4 is 35.2 Å². The van der Waals surface area contributed by atoms with Crippen molar-refractivity contribution in [1.29, 1.82) is 0 Å². The fraction of sp³-hybridized carbons (Fsp3) is 0.312. The molecule has 0 bridgehead atoms. The number of rotatable bonds is 4. The molecule has 0 aliphatic carbocycles. The van der Waals surface area contributed by atoms with Crippen LogP contribution in [0.5, 0.6) is 0 Å². The minimum absolute atomic E-state index is 0.201. The standard InChI is InChI=1S/C16H16ClN3O3S/c1-10-8-20(12-5-3-2-4-11(12)17)19-13(10)14(21)18-16(15(22)23)6-7-24-9-16/h2-5,8H,6-7,9H2,1H3,(H,18,21)(H,22,23). The Bertz CT molecular complexity index is 800. The molecule has 1 aliphatic heterocycles. The van der Waals surface area contributed by atoms with Gasteiger partial charge < -0.3 is 10.4 Å². The molecule has 126 valence electrons. The zero-order valence-electron chi connectivity index (χ0n) is 13.0. The van der Waals surface area contributed by atoms with E-state index in [0.717, 1.165) is 0 Å². The van der Waals surface area contributed by atoms with Gasteiger partial charge in [0.2, 0.25) is 0 Å². The molecular formula is C16H16ClN3O3S. The molecule has 0 saturated carbocycles. The normalized spacial score (nSPS) is 20.1. The number of nitrogens with one attached hydrogen (secondary N) is 1. The Labute approximate surface area is 148 Å². The van der Waals surface area contributed by atoms with E-state index in [4.69, 9.17) is 11.6 Å². The molecule has 1 amide bonds. The zero-order chi connectivity index (χ0) is 17.3. The molecular weight excluding hydrogens is 350 g/mol. The molecule has 1 atom stereocenters. The number of nitrogens with zero attached hydrogens (tertiary/aromatic N) is 2. The van der Waals surface area contributed by atoms with Crippen LogP contribution in [-0.4, -0.2) is 43.8 Å². The minimum Gasteiger partial charge on any atom is -0.479 e. The first-order valence-corrected chi connectivity index (χ1v) is 8.91. The number of amides is 1. The Hall–Kier alpha value is -1.99. The molecule has 1 aromatic heterocycles. The minimum atomic E-state index is -1.22. The van der Waals surface area contributed by atoms with E-state index in [1.54, 1.807) is 25.3 Å². The first-order valence-electron chi connectivity index (χ1n) is 7.38. The van der Waals surface area contributed by atoms with Gasteiger partial charge in [0, 0.05) is 17.5 Å². The van der Waals surface area contributed by atoms with Crippen LogP contribution in [0.4, 0.5) is 0 Å². The Balaban J connectivity index is 1.89. The molecule has 1 aliphatic rings. The number of aromatic nitrogens is 2. The molecule has 1 saturated heterocycles. The van der Waals surface area contributed by atoms with E-state index in [9.17, 15) is 14.7 Å². The van der Waals surface area contributed by atoms with Gasteiger partial charge in [-0.05, 0) is 31.2 Å². The molecule has 3 rings (SSSR count). The Morgan fingerprint density at radius 2 is 2.17 bits per heavy atom. The van der Waals surface area contributed by atoms with Crippen LogP contribution in [0.25, 0.3) is 5.69 Å². The number of carboxylic acid groups (broad SMARTS) is 1. The summed E-state index contributed by atoms with van der Waals surface area (Å²) in [6, 6.07) is 7.17. The lowest BCUT2D eigenvalue weighted by atomic mass is 9.99. The van der Waals surface area contributed by atoms with Crippen molar-refractivity contribution in [3.63, 3.8) is 0 Å². The van der Waals surface area contributed by atoms with Gasteiger partial charge >= 0.3 is 5.97 Å². The number of aryl methyl sites for hydroxylation is 1. The average molecular weight is 366 g/mol. The second-order valence-electron chi connectivity index (χ2n) is 5.70. The molecule has 1 unspecified atom stereocenters. The number of para-hydroxylation sites is 1. The predicted molar refractivity (Wildman–Crippen MR) is 93.1 cm³/mol. The van der Waals surface area contributed by atoms with E-state index in [1.165, 1.54) is 16.4 Å². The quantitative estimate of drug-likeness (QED) is 0.869. The van der Waals surface area contributed by atoms with Crippen LogP contribution < -0.4 is 5.32 Å². The number of hydrogen-bond acceptors (Lipinski definition) is 4. The highest BCUT2D eigenvalue weighted by Gasteiger charge is 2.43. The lowest BCUT2D eigenvalue weighted by molar-refractivity contribution is -0.143. The molecule has 2 N–H and O–H groups in total. The van der Waals surface area contributed by atoms with Crippen LogP contribution in [0.1, 0.15) is 22.5 Å². The number of carboxylic acids is 1. The lowest BCUT2D eigenvalue weighted by Gasteiger charge is -2.24. The predicted octanol–water partition coefficient (Wildman–Crippen LogP) is 2.52. The number of carbonyl (C=O) groups is 2. The third kappa shape index (κ3) is 3.01. The summed E-state index contributed by atoms with van der Waals surface area (Å²) >= 11 is 7.68. The number of halogens is 1. The number of thioether (sulfide) groups is 1. The maximum atomic E-state index is 12.6. The first-order chi connectivity index (χ1) is 11.4. The molecule has 2 aromatic rings. The Morgan fingerprint density at radius 1 is 1.42 bits per heavy atom. The SMILES string of the molecule is Cc1cn(-c2ccccc2Cl)nc1C(=O)NC1(C(=O)O)CCSC1.